The van der Waals surface area contributed by atoms with Crippen LogP contribution in [0.15, 0.2) is 12.7 Å². The van der Waals surface area contributed by atoms with Crippen LogP contribution in [0.25, 0.3) is 0 Å². The Morgan fingerprint density at radius 2 is 2.25 bits per heavy atom. The lowest BCUT2D eigenvalue weighted by molar-refractivity contribution is 0.353. The molecule has 0 atom stereocenters. The molecular weight excluding hydrogens is 98.1 g/mol. The summed E-state index contributed by atoms with van der Waals surface area (Å²) in [6.45, 7) is 12.4. The van der Waals surface area contributed by atoms with Crippen molar-refractivity contribution in [2.75, 3.05) is 19.6 Å². The van der Waals surface area contributed by atoms with Crippen molar-refractivity contribution in [2.24, 2.45) is 0 Å². The Hall–Kier alpha value is -0.300. The van der Waals surface area contributed by atoms with Crippen LogP contribution in [0, 0.1) is 6.92 Å². The van der Waals surface area contributed by atoms with E-state index in [2.05, 4.69) is 25.3 Å². The molecule has 0 aromatic heterocycles. The van der Waals surface area contributed by atoms with Crippen molar-refractivity contribution in [3.63, 3.8) is 0 Å². The average Bonchev–Trinajstić information content (AvgIpc) is 1.83. The van der Waals surface area contributed by atoms with Crippen molar-refractivity contribution in [1.82, 2.24) is 4.90 Å². The highest BCUT2D eigenvalue weighted by atomic mass is 15.1. The Balaban J connectivity index is 3.20. The van der Waals surface area contributed by atoms with E-state index < -0.39 is 0 Å². The summed E-state index contributed by atoms with van der Waals surface area (Å²) < 4.78 is 0. The Kier molecular flexibility index (Phi) is 4.67. The third kappa shape index (κ3) is 2.80. The van der Waals surface area contributed by atoms with Gasteiger partial charge in [0.2, 0.25) is 0 Å². The zero-order chi connectivity index (χ0) is 6.41. The van der Waals surface area contributed by atoms with Crippen molar-refractivity contribution in [3.8, 4) is 0 Å². The Bertz CT molecular complexity index is 55.4. The number of hydrogen-bond donors (Lipinski definition) is 0. The zero-order valence-electron chi connectivity index (χ0n) is 5.56. The lowest BCUT2D eigenvalue weighted by Gasteiger charge is -2.13. The van der Waals surface area contributed by atoms with Crippen molar-refractivity contribution >= 4 is 0 Å². The van der Waals surface area contributed by atoms with Gasteiger partial charge in [0.15, 0.2) is 0 Å². The molecule has 1 nitrogen and oxygen atoms in total. The fourth-order valence-electron chi connectivity index (χ4n) is 0.561. The second-order valence-corrected chi connectivity index (χ2v) is 1.68. The summed E-state index contributed by atoms with van der Waals surface area (Å²) in [5.41, 5.74) is 0. The third-order valence-electron chi connectivity index (χ3n) is 1.15. The molecule has 0 amide bonds. The largest absolute Gasteiger partial charge is 0.300 e. The molecule has 8 heavy (non-hydrogen) atoms. The molecule has 0 saturated carbocycles. The number of rotatable bonds is 4. The van der Waals surface area contributed by atoms with Crippen LogP contribution in [-0.2, 0) is 0 Å². The van der Waals surface area contributed by atoms with Crippen molar-refractivity contribution in [1.29, 1.82) is 0 Å². The summed E-state index contributed by atoms with van der Waals surface area (Å²) >= 11 is 0. The van der Waals surface area contributed by atoms with E-state index in [1.165, 1.54) is 0 Å². The maximum atomic E-state index is 3.75. The van der Waals surface area contributed by atoms with Gasteiger partial charge in [0.05, 0.1) is 0 Å². The first-order chi connectivity index (χ1) is 3.85. The van der Waals surface area contributed by atoms with Gasteiger partial charge in [-0.05, 0) is 20.0 Å². The van der Waals surface area contributed by atoms with Gasteiger partial charge >= 0.3 is 0 Å². The van der Waals surface area contributed by atoms with Gasteiger partial charge < -0.3 is 0 Å². The molecule has 0 aliphatic rings. The third-order valence-corrected chi connectivity index (χ3v) is 1.15. The molecule has 0 bridgehead atoms. The predicted molar refractivity (Wildman–Crippen MR) is 37.7 cm³/mol. The molecule has 0 fully saturated rings. The minimum absolute atomic E-state index is 0.878. The zero-order valence-corrected chi connectivity index (χ0v) is 5.56. The molecule has 0 saturated heterocycles. The Morgan fingerprint density at radius 3 is 2.38 bits per heavy atom. The van der Waals surface area contributed by atoms with Gasteiger partial charge in [0, 0.05) is 6.54 Å². The molecule has 1 radical (unpaired) electrons. The van der Waals surface area contributed by atoms with Gasteiger partial charge in [-0.25, -0.2) is 0 Å². The number of hydrogen-bond acceptors (Lipinski definition) is 1. The summed E-state index contributed by atoms with van der Waals surface area (Å²) in [4.78, 5) is 2.20. The van der Waals surface area contributed by atoms with Crippen LogP contribution in [0.4, 0.5) is 0 Å². The van der Waals surface area contributed by atoms with Crippen LogP contribution in [0.1, 0.15) is 6.92 Å². The number of nitrogens with zero attached hydrogens (tertiary/aromatic N) is 1. The second kappa shape index (κ2) is 4.85. The Morgan fingerprint density at radius 1 is 1.62 bits per heavy atom. The van der Waals surface area contributed by atoms with Crippen LogP contribution in [-0.4, -0.2) is 24.5 Å². The van der Waals surface area contributed by atoms with Crippen molar-refractivity contribution < 1.29 is 0 Å². The highest BCUT2D eigenvalue weighted by molar-refractivity contribution is 4.72. The van der Waals surface area contributed by atoms with E-state index in [0.717, 1.165) is 19.6 Å². The second-order valence-electron chi connectivity index (χ2n) is 1.68. The molecule has 0 rings (SSSR count). The smallest absolute Gasteiger partial charge is 0.0160 e. The highest BCUT2D eigenvalue weighted by Gasteiger charge is 1.91. The summed E-state index contributed by atoms with van der Waals surface area (Å²) in [6.07, 6.45) is 1.90. The fourth-order valence-corrected chi connectivity index (χ4v) is 0.561. The molecule has 0 unspecified atom stereocenters. The lowest BCUT2D eigenvalue weighted by atomic mass is 10.5. The summed E-state index contributed by atoms with van der Waals surface area (Å²) in [6, 6.07) is 0. The van der Waals surface area contributed by atoms with E-state index in [0.29, 0.717) is 0 Å². The monoisotopic (exact) mass is 112 g/mol. The topological polar surface area (TPSA) is 3.24 Å². The molecule has 0 N–H and O–H groups in total. The molecule has 0 aromatic rings. The standard InChI is InChI=1S/C7H14N/c1-4-7-8(5-2)6-3/h4H,1-2,5-7H2,3H3. The minimum atomic E-state index is 0.878. The van der Waals surface area contributed by atoms with Crippen LogP contribution in [0.2, 0.25) is 0 Å². The van der Waals surface area contributed by atoms with Crippen LogP contribution >= 0.6 is 0 Å². The molecule has 0 heterocycles. The molecule has 0 aliphatic heterocycles. The van der Waals surface area contributed by atoms with Gasteiger partial charge in [0.1, 0.15) is 0 Å². The van der Waals surface area contributed by atoms with Crippen molar-refractivity contribution in [3.05, 3.63) is 19.6 Å². The van der Waals surface area contributed by atoms with Crippen molar-refractivity contribution in [2.45, 2.75) is 6.92 Å². The van der Waals surface area contributed by atoms with E-state index in [1.54, 1.807) is 0 Å². The highest BCUT2D eigenvalue weighted by Crippen LogP contribution is 1.83. The van der Waals surface area contributed by atoms with Crippen LogP contribution < -0.4 is 0 Å². The van der Waals surface area contributed by atoms with Gasteiger partial charge in [-0.3, -0.25) is 4.90 Å². The normalized spacial score (nSPS) is 9.88. The quantitative estimate of drug-likeness (QED) is 0.496. The maximum Gasteiger partial charge on any atom is 0.0160 e. The molecule has 0 spiro atoms. The first-order valence-corrected chi connectivity index (χ1v) is 2.97. The van der Waals surface area contributed by atoms with E-state index in [-0.39, 0.29) is 0 Å². The van der Waals surface area contributed by atoms with Crippen LogP contribution in [0.5, 0.6) is 0 Å². The van der Waals surface area contributed by atoms with E-state index >= 15 is 0 Å². The lowest BCUT2D eigenvalue weighted by Crippen LogP contribution is -2.22. The molecule has 0 aromatic carbocycles. The Labute approximate surface area is 52.0 Å². The first kappa shape index (κ1) is 7.70. The molecule has 47 valence electrons. The van der Waals surface area contributed by atoms with Crippen LogP contribution in [0.3, 0.4) is 0 Å². The average molecular weight is 112 g/mol. The van der Waals surface area contributed by atoms with E-state index in [9.17, 15) is 0 Å². The number of likely N-dealkylation sites (N-methyl/N-ethyl adjacent to an activating group) is 1. The van der Waals surface area contributed by atoms with Gasteiger partial charge in [-0.15, -0.1) is 6.58 Å². The van der Waals surface area contributed by atoms with E-state index in [4.69, 9.17) is 0 Å². The van der Waals surface area contributed by atoms with Gasteiger partial charge in [-0.2, -0.15) is 0 Å². The molecule has 0 aliphatic carbocycles. The molecular formula is C7H14N. The van der Waals surface area contributed by atoms with E-state index in [1.807, 2.05) is 6.08 Å². The van der Waals surface area contributed by atoms with Gasteiger partial charge in [0.25, 0.3) is 0 Å². The summed E-state index contributed by atoms with van der Waals surface area (Å²) in [5.74, 6) is 0. The van der Waals surface area contributed by atoms with Gasteiger partial charge in [-0.1, -0.05) is 13.0 Å². The SMILES string of the molecule is [CH2]CN(CC)CC=C. The minimum Gasteiger partial charge on any atom is -0.300 e. The first-order valence-electron chi connectivity index (χ1n) is 2.97. The summed E-state index contributed by atoms with van der Waals surface area (Å²) in [7, 11) is 0. The molecule has 1 heteroatoms. The maximum absolute atomic E-state index is 3.75. The predicted octanol–water partition coefficient (Wildman–Crippen LogP) is 1.33. The fraction of sp³-hybridized carbons (Fsp3) is 0.571. The summed E-state index contributed by atoms with van der Waals surface area (Å²) in [5, 5.41) is 0.